The van der Waals surface area contributed by atoms with Gasteiger partial charge < -0.3 is 20.1 Å². The summed E-state index contributed by atoms with van der Waals surface area (Å²) in [5.74, 6) is 0. The number of benzene rings is 1. The average molecular weight is 346 g/mol. The number of amides is 2. The van der Waals surface area contributed by atoms with Crippen molar-refractivity contribution >= 4 is 6.03 Å². The summed E-state index contributed by atoms with van der Waals surface area (Å²) < 4.78 is 5.70. The summed E-state index contributed by atoms with van der Waals surface area (Å²) in [4.78, 5) is 14.9. The molecule has 1 heterocycles. The summed E-state index contributed by atoms with van der Waals surface area (Å²) in [5.41, 5.74) is 2.60. The van der Waals surface area contributed by atoms with Crippen LogP contribution in [0.5, 0.6) is 0 Å². The zero-order valence-electron chi connectivity index (χ0n) is 15.1. The topological polar surface area (TPSA) is 61.8 Å². The summed E-state index contributed by atoms with van der Waals surface area (Å²) in [6, 6.07) is 8.48. The SMILES string of the molecule is C[C@H](NC(=O)N(CCCO)[C@@H]1CCCc2ccccc21)[C@H]1CCCO1. The Bertz CT molecular complexity index is 572. The molecule has 1 aliphatic carbocycles. The number of nitrogens with zero attached hydrogens (tertiary/aromatic N) is 1. The van der Waals surface area contributed by atoms with Gasteiger partial charge in [-0.1, -0.05) is 24.3 Å². The number of ether oxygens (including phenoxy) is 1. The quantitative estimate of drug-likeness (QED) is 0.832. The molecule has 0 spiro atoms. The number of hydrogen-bond acceptors (Lipinski definition) is 3. The Kier molecular flexibility index (Phi) is 6.32. The van der Waals surface area contributed by atoms with Crippen molar-refractivity contribution in [2.24, 2.45) is 0 Å². The van der Waals surface area contributed by atoms with Gasteiger partial charge >= 0.3 is 6.03 Å². The molecule has 0 radical (unpaired) electrons. The molecule has 25 heavy (non-hydrogen) atoms. The van der Waals surface area contributed by atoms with Crippen LogP contribution in [0.25, 0.3) is 0 Å². The Morgan fingerprint density at radius 3 is 2.96 bits per heavy atom. The molecule has 138 valence electrons. The van der Waals surface area contributed by atoms with Gasteiger partial charge in [-0.05, 0) is 56.6 Å². The van der Waals surface area contributed by atoms with Crippen LogP contribution in [0.3, 0.4) is 0 Å². The predicted molar refractivity (Wildman–Crippen MR) is 97.5 cm³/mol. The van der Waals surface area contributed by atoms with E-state index in [1.54, 1.807) is 0 Å². The van der Waals surface area contributed by atoms with Gasteiger partial charge in [-0.25, -0.2) is 4.79 Å². The van der Waals surface area contributed by atoms with Crippen LogP contribution in [0.15, 0.2) is 24.3 Å². The average Bonchev–Trinajstić information content (AvgIpc) is 3.17. The van der Waals surface area contributed by atoms with Crippen LogP contribution in [0, 0.1) is 0 Å². The number of aryl methyl sites for hydroxylation is 1. The van der Waals surface area contributed by atoms with E-state index < -0.39 is 0 Å². The molecule has 2 N–H and O–H groups in total. The van der Waals surface area contributed by atoms with Crippen molar-refractivity contribution in [1.82, 2.24) is 10.2 Å². The summed E-state index contributed by atoms with van der Waals surface area (Å²) in [7, 11) is 0. The van der Waals surface area contributed by atoms with Crippen LogP contribution in [-0.4, -0.2) is 47.9 Å². The third kappa shape index (κ3) is 4.33. The van der Waals surface area contributed by atoms with Gasteiger partial charge in [0.05, 0.1) is 18.2 Å². The summed E-state index contributed by atoms with van der Waals surface area (Å²) in [5, 5.41) is 12.4. The molecule has 5 heteroatoms. The van der Waals surface area contributed by atoms with E-state index in [0.717, 1.165) is 38.7 Å². The first kappa shape index (κ1) is 18.2. The summed E-state index contributed by atoms with van der Waals surface area (Å²) in [6.45, 7) is 3.47. The second-order valence-electron chi connectivity index (χ2n) is 7.17. The fourth-order valence-electron chi connectivity index (χ4n) is 4.06. The second kappa shape index (κ2) is 8.68. The lowest BCUT2D eigenvalue weighted by Gasteiger charge is -2.37. The van der Waals surface area contributed by atoms with Crippen molar-refractivity contribution in [2.45, 2.75) is 63.6 Å². The highest BCUT2D eigenvalue weighted by Gasteiger charge is 2.31. The number of carbonyl (C=O) groups is 1. The highest BCUT2D eigenvalue weighted by atomic mass is 16.5. The van der Waals surface area contributed by atoms with Crippen LogP contribution >= 0.6 is 0 Å². The maximum atomic E-state index is 13.0. The largest absolute Gasteiger partial charge is 0.396 e. The normalized spacial score (nSPS) is 23.8. The molecule has 2 amide bonds. The first-order valence-corrected chi connectivity index (χ1v) is 9.58. The Morgan fingerprint density at radius 2 is 2.20 bits per heavy atom. The van der Waals surface area contributed by atoms with Gasteiger partial charge in [0.1, 0.15) is 0 Å². The number of nitrogens with one attached hydrogen (secondary N) is 1. The van der Waals surface area contributed by atoms with E-state index in [9.17, 15) is 9.90 Å². The third-order valence-electron chi connectivity index (χ3n) is 5.41. The van der Waals surface area contributed by atoms with E-state index in [-0.39, 0.29) is 30.8 Å². The number of hydrogen-bond donors (Lipinski definition) is 2. The molecule has 1 saturated heterocycles. The summed E-state index contributed by atoms with van der Waals surface area (Å²) in [6.07, 6.45) is 5.92. The van der Waals surface area contributed by atoms with Gasteiger partial charge in [0.15, 0.2) is 0 Å². The number of aliphatic hydroxyl groups excluding tert-OH is 1. The molecule has 1 aromatic rings. The fourth-order valence-corrected chi connectivity index (χ4v) is 4.06. The number of carbonyl (C=O) groups excluding carboxylic acids is 1. The molecule has 1 fully saturated rings. The van der Waals surface area contributed by atoms with Crippen molar-refractivity contribution in [3.63, 3.8) is 0 Å². The van der Waals surface area contributed by atoms with E-state index in [2.05, 4.69) is 23.5 Å². The van der Waals surface area contributed by atoms with Crippen LogP contribution in [-0.2, 0) is 11.2 Å². The van der Waals surface area contributed by atoms with Crippen LogP contribution < -0.4 is 5.32 Å². The minimum absolute atomic E-state index is 0.00506. The zero-order valence-corrected chi connectivity index (χ0v) is 15.1. The van der Waals surface area contributed by atoms with E-state index in [4.69, 9.17) is 4.74 Å². The lowest BCUT2D eigenvalue weighted by atomic mass is 9.87. The maximum absolute atomic E-state index is 13.0. The Hall–Kier alpha value is -1.59. The molecule has 3 atom stereocenters. The van der Waals surface area contributed by atoms with Crippen LogP contribution in [0.1, 0.15) is 56.2 Å². The van der Waals surface area contributed by atoms with Gasteiger partial charge in [0.25, 0.3) is 0 Å². The molecular weight excluding hydrogens is 316 g/mol. The Morgan fingerprint density at radius 1 is 1.36 bits per heavy atom. The molecule has 0 aromatic heterocycles. The predicted octanol–water partition coefficient (Wildman–Crippen LogP) is 3.03. The second-order valence-corrected chi connectivity index (χ2v) is 7.17. The molecule has 0 unspecified atom stereocenters. The Labute approximate surface area is 150 Å². The van der Waals surface area contributed by atoms with Gasteiger partial charge in [0, 0.05) is 19.8 Å². The van der Waals surface area contributed by atoms with Gasteiger partial charge in [-0.15, -0.1) is 0 Å². The highest BCUT2D eigenvalue weighted by Crippen LogP contribution is 2.34. The molecular formula is C20H30N2O3. The van der Waals surface area contributed by atoms with E-state index in [1.165, 1.54) is 11.1 Å². The standard InChI is InChI=1S/C20H30N2O3/c1-15(19-11-5-14-25-19)21-20(24)22(12-6-13-23)18-10-4-8-16-7-2-3-9-17(16)18/h2-3,7,9,15,18-19,23H,4-6,8,10-14H2,1H3,(H,21,24)/t15-,18+,19+/m0/s1. The van der Waals surface area contributed by atoms with Crippen LogP contribution in [0.4, 0.5) is 4.79 Å². The van der Waals surface area contributed by atoms with Gasteiger partial charge in [-0.2, -0.15) is 0 Å². The molecule has 1 aliphatic heterocycles. The Balaban J connectivity index is 1.74. The minimum Gasteiger partial charge on any atom is -0.396 e. The third-order valence-corrected chi connectivity index (χ3v) is 5.41. The van der Waals surface area contributed by atoms with E-state index in [0.29, 0.717) is 13.0 Å². The molecule has 5 nitrogen and oxygen atoms in total. The zero-order chi connectivity index (χ0) is 17.6. The minimum atomic E-state index is -0.0434. The number of fused-ring (bicyclic) bond motifs is 1. The number of urea groups is 1. The van der Waals surface area contributed by atoms with Crippen molar-refractivity contribution in [1.29, 1.82) is 0 Å². The molecule has 0 saturated carbocycles. The smallest absolute Gasteiger partial charge is 0.318 e. The fraction of sp³-hybridized carbons (Fsp3) is 0.650. The monoisotopic (exact) mass is 346 g/mol. The molecule has 3 rings (SSSR count). The van der Waals surface area contributed by atoms with Crippen molar-refractivity contribution in [3.8, 4) is 0 Å². The first-order chi connectivity index (χ1) is 12.2. The van der Waals surface area contributed by atoms with Crippen molar-refractivity contribution in [3.05, 3.63) is 35.4 Å². The highest BCUT2D eigenvalue weighted by molar-refractivity contribution is 5.75. The van der Waals surface area contributed by atoms with Gasteiger partial charge in [0.2, 0.25) is 0 Å². The molecule has 1 aromatic carbocycles. The van der Waals surface area contributed by atoms with Crippen molar-refractivity contribution < 1.29 is 14.6 Å². The molecule has 2 aliphatic rings. The van der Waals surface area contributed by atoms with Crippen LogP contribution in [0.2, 0.25) is 0 Å². The van der Waals surface area contributed by atoms with E-state index >= 15 is 0 Å². The maximum Gasteiger partial charge on any atom is 0.318 e. The van der Waals surface area contributed by atoms with Crippen molar-refractivity contribution in [2.75, 3.05) is 19.8 Å². The van der Waals surface area contributed by atoms with E-state index in [1.807, 2.05) is 17.9 Å². The van der Waals surface area contributed by atoms with Gasteiger partial charge in [-0.3, -0.25) is 0 Å². The molecule has 0 bridgehead atoms. The lowest BCUT2D eigenvalue weighted by Crippen LogP contribution is -2.49. The summed E-state index contributed by atoms with van der Waals surface area (Å²) >= 11 is 0. The number of rotatable bonds is 6. The lowest BCUT2D eigenvalue weighted by molar-refractivity contribution is 0.0807. The number of aliphatic hydroxyl groups is 1. The first-order valence-electron chi connectivity index (χ1n) is 9.58.